The molecule has 1 unspecified atom stereocenters. The topological polar surface area (TPSA) is 24.9 Å². The highest BCUT2D eigenvalue weighted by atomic mass is 14.9. The number of pyridine rings is 1. The first-order valence-electron chi connectivity index (χ1n) is 6.28. The summed E-state index contributed by atoms with van der Waals surface area (Å²) in [5, 5.41) is 3.42. The Hall–Kier alpha value is -1.67. The van der Waals surface area contributed by atoms with Crippen LogP contribution < -0.4 is 5.32 Å². The molecule has 18 heavy (non-hydrogen) atoms. The van der Waals surface area contributed by atoms with E-state index in [0.29, 0.717) is 0 Å². The first kappa shape index (κ1) is 12.8. The maximum Gasteiger partial charge on any atom is 0.0580 e. The Morgan fingerprint density at radius 2 is 1.78 bits per heavy atom. The van der Waals surface area contributed by atoms with E-state index < -0.39 is 0 Å². The lowest BCUT2D eigenvalue weighted by atomic mass is 9.92. The van der Waals surface area contributed by atoms with E-state index in [1.54, 1.807) is 0 Å². The average molecular weight is 240 g/mol. The Morgan fingerprint density at radius 3 is 2.44 bits per heavy atom. The summed E-state index contributed by atoms with van der Waals surface area (Å²) in [5.41, 5.74) is 6.46. The summed E-state index contributed by atoms with van der Waals surface area (Å²) in [4.78, 5) is 4.17. The molecule has 0 spiro atoms. The predicted octanol–water partition coefficient (Wildman–Crippen LogP) is 3.32. The lowest BCUT2D eigenvalue weighted by molar-refractivity contribution is 0.681. The van der Waals surface area contributed by atoms with Crippen LogP contribution in [-0.4, -0.2) is 12.0 Å². The number of hydrogen-bond acceptors (Lipinski definition) is 2. The summed E-state index contributed by atoms with van der Waals surface area (Å²) in [6.07, 6.45) is 3.78. The number of rotatable bonds is 3. The highest BCUT2D eigenvalue weighted by Gasteiger charge is 2.16. The van der Waals surface area contributed by atoms with E-state index in [4.69, 9.17) is 0 Å². The van der Waals surface area contributed by atoms with Crippen LogP contribution in [0, 0.1) is 20.8 Å². The maximum atomic E-state index is 4.17. The van der Waals surface area contributed by atoms with E-state index in [1.807, 2.05) is 19.4 Å². The number of aromatic nitrogens is 1. The van der Waals surface area contributed by atoms with Gasteiger partial charge in [-0.15, -0.1) is 0 Å². The molecule has 0 amide bonds. The molecule has 2 aromatic rings. The van der Waals surface area contributed by atoms with Crippen LogP contribution in [0.5, 0.6) is 0 Å². The van der Waals surface area contributed by atoms with E-state index in [0.717, 1.165) is 0 Å². The molecule has 0 saturated carbocycles. The molecule has 0 aliphatic rings. The van der Waals surface area contributed by atoms with E-state index >= 15 is 0 Å². The molecule has 94 valence electrons. The van der Waals surface area contributed by atoms with Gasteiger partial charge in [0.15, 0.2) is 0 Å². The Bertz CT molecular complexity index is 547. The summed E-state index contributed by atoms with van der Waals surface area (Å²) in [5.74, 6) is 0. The van der Waals surface area contributed by atoms with Gasteiger partial charge in [0, 0.05) is 12.4 Å². The van der Waals surface area contributed by atoms with E-state index in [1.165, 1.54) is 27.8 Å². The van der Waals surface area contributed by atoms with Crippen LogP contribution in [0.15, 0.2) is 36.7 Å². The van der Waals surface area contributed by atoms with Crippen LogP contribution in [0.25, 0.3) is 0 Å². The molecule has 1 aromatic carbocycles. The summed E-state index contributed by atoms with van der Waals surface area (Å²) in [6.45, 7) is 6.41. The third-order valence-electron chi connectivity index (χ3n) is 3.41. The molecular weight excluding hydrogens is 220 g/mol. The maximum absolute atomic E-state index is 4.17. The minimum absolute atomic E-state index is 0.230. The zero-order valence-corrected chi connectivity index (χ0v) is 11.5. The van der Waals surface area contributed by atoms with Crippen LogP contribution in [0.1, 0.15) is 33.9 Å². The van der Waals surface area contributed by atoms with Crippen LogP contribution >= 0.6 is 0 Å². The third kappa shape index (κ3) is 2.44. The molecule has 0 fully saturated rings. The normalized spacial score (nSPS) is 12.4. The van der Waals surface area contributed by atoms with E-state index in [9.17, 15) is 0 Å². The lowest BCUT2D eigenvalue weighted by Gasteiger charge is -2.21. The van der Waals surface area contributed by atoms with E-state index in [-0.39, 0.29) is 6.04 Å². The second-order valence-corrected chi connectivity index (χ2v) is 4.81. The standard InChI is InChI=1S/C16H20N2/c1-11-5-6-12(2)15(9-11)16(17-4)14-7-8-18-10-13(14)3/h5-10,16-17H,1-4H3. The summed E-state index contributed by atoms with van der Waals surface area (Å²) < 4.78 is 0. The fourth-order valence-corrected chi connectivity index (χ4v) is 2.36. The highest BCUT2D eigenvalue weighted by molar-refractivity contribution is 5.40. The zero-order valence-electron chi connectivity index (χ0n) is 11.5. The number of benzene rings is 1. The van der Waals surface area contributed by atoms with Crippen molar-refractivity contribution in [2.75, 3.05) is 7.05 Å². The molecule has 1 heterocycles. The van der Waals surface area contributed by atoms with E-state index in [2.05, 4.69) is 55.3 Å². The van der Waals surface area contributed by atoms with Crippen molar-refractivity contribution in [3.8, 4) is 0 Å². The van der Waals surface area contributed by atoms with Crippen LogP contribution in [0.3, 0.4) is 0 Å². The average Bonchev–Trinajstić information content (AvgIpc) is 2.36. The molecule has 2 heteroatoms. The summed E-state index contributed by atoms with van der Waals surface area (Å²) in [6, 6.07) is 8.93. The van der Waals surface area contributed by atoms with Crippen molar-refractivity contribution in [3.05, 3.63) is 64.5 Å². The summed E-state index contributed by atoms with van der Waals surface area (Å²) in [7, 11) is 2.01. The molecule has 2 nitrogen and oxygen atoms in total. The number of nitrogens with one attached hydrogen (secondary N) is 1. The van der Waals surface area contributed by atoms with Gasteiger partial charge >= 0.3 is 0 Å². The first-order valence-corrected chi connectivity index (χ1v) is 6.28. The Morgan fingerprint density at radius 1 is 1.00 bits per heavy atom. The molecule has 0 radical (unpaired) electrons. The fourth-order valence-electron chi connectivity index (χ4n) is 2.36. The predicted molar refractivity (Wildman–Crippen MR) is 75.8 cm³/mol. The van der Waals surface area contributed by atoms with Gasteiger partial charge in [0.2, 0.25) is 0 Å². The van der Waals surface area contributed by atoms with Gasteiger partial charge in [-0.3, -0.25) is 4.98 Å². The van der Waals surface area contributed by atoms with Crippen molar-refractivity contribution in [2.45, 2.75) is 26.8 Å². The molecule has 0 saturated heterocycles. The van der Waals surface area contributed by atoms with Gasteiger partial charge in [-0.2, -0.15) is 0 Å². The second-order valence-electron chi connectivity index (χ2n) is 4.81. The monoisotopic (exact) mass is 240 g/mol. The van der Waals surface area contributed by atoms with Crippen LogP contribution in [0.4, 0.5) is 0 Å². The van der Waals surface area contributed by atoms with Gasteiger partial charge in [-0.25, -0.2) is 0 Å². The first-order chi connectivity index (χ1) is 8.63. The highest BCUT2D eigenvalue weighted by Crippen LogP contribution is 2.27. The molecular formula is C16H20N2. The number of aryl methyl sites for hydroxylation is 3. The van der Waals surface area contributed by atoms with Crippen molar-refractivity contribution in [1.82, 2.24) is 10.3 Å². The molecule has 1 atom stereocenters. The van der Waals surface area contributed by atoms with Gasteiger partial charge in [-0.05, 0) is 56.1 Å². The van der Waals surface area contributed by atoms with Crippen molar-refractivity contribution in [2.24, 2.45) is 0 Å². The van der Waals surface area contributed by atoms with Gasteiger partial charge in [0.25, 0.3) is 0 Å². The van der Waals surface area contributed by atoms with Crippen LogP contribution in [0.2, 0.25) is 0 Å². The quantitative estimate of drug-likeness (QED) is 0.890. The Kier molecular flexibility index (Phi) is 3.78. The molecule has 1 N–H and O–H groups in total. The van der Waals surface area contributed by atoms with Crippen LogP contribution in [-0.2, 0) is 0 Å². The molecule has 0 bridgehead atoms. The minimum atomic E-state index is 0.230. The molecule has 0 aliphatic carbocycles. The van der Waals surface area contributed by atoms with Gasteiger partial charge in [-0.1, -0.05) is 23.8 Å². The SMILES string of the molecule is CNC(c1ccncc1C)c1cc(C)ccc1C. The fraction of sp³-hybridized carbons (Fsp3) is 0.312. The van der Waals surface area contributed by atoms with Gasteiger partial charge < -0.3 is 5.32 Å². The Balaban J connectivity index is 2.52. The zero-order chi connectivity index (χ0) is 13.1. The third-order valence-corrected chi connectivity index (χ3v) is 3.41. The number of nitrogens with zero attached hydrogens (tertiary/aromatic N) is 1. The molecule has 1 aromatic heterocycles. The minimum Gasteiger partial charge on any atom is -0.309 e. The molecule has 0 aliphatic heterocycles. The van der Waals surface area contributed by atoms with Crippen molar-refractivity contribution in [1.29, 1.82) is 0 Å². The lowest BCUT2D eigenvalue weighted by Crippen LogP contribution is -2.20. The number of hydrogen-bond donors (Lipinski definition) is 1. The van der Waals surface area contributed by atoms with Gasteiger partial charge in [0.05, 0.1) is 6.04 Å². The smallest absolute Gasteiger partial charge is 0.0580 e. The summed E-state index contributed by atoms with van der Waals surface area (Å²) >= 11 is 0. The molecule has 2 rings (SSSR count). The largest absolute Gasteiger partial charge is 0.309 e. The van der Waals surface area contributed by atoms with Crippen molar-refractivity contribution in [3.63, 3.8) is 0 Å². The Labute approximate surface area is 109 Å². The van der Waals surface area contributed by atoms with Crippen molar-refractivity contribution >= 4 is 0 Å². The van der Waals surface area contributed by atoms with Gasteiger partial charge in [0.1, 0.15) is 0 Å². The second kappa shape index (κ2) is 5.32. The van der Waals surface area contributed by atoms with Crippen molar-refractivity contribution < 1.29 is 0 Å².